The van der Waals surface area contributed by atoms with E-state index in [0.717, 1.165) is 11.8 Å². The Morgan fingerprint density at radius 1 is 1.40 bits per heavy atom. The molecule has 1 aliphatic heterocycles. The van der Waals surface area contributed by atoms with Crippen LogP contribution in [0.3, 0.4) is 0 Å². The lowest BCUT2D eigenvalue weighted by molar-refractivity contribution is -0.123. The zero-order chi connectivity index (χ0) is 15.1. The van der Waals surface area contributed by atoms with Crippen molar-refractivity contribution in [3.63, 3.8) is 0 Å². The highest BCUT2D eigenvalue weighted by Gasteiger charge is 2.34. The first-order chi connectivity index (χ1) is 9.20. The van der Waals surface area contributed by atoms with Crippen molar-refractivity contribution in [2.24, 2.45) is 11.7 Å². The van der Waals surface area contributed by atoms with E-state index < -0.39 is 21.7 Å². The lowest BCUT2D eigenvalue weighted by Crippen LogP contribution is -2.29. The maximum Gasteiger partial charge on any atom is 0.227 e. The zero-order valence-corrected chi connectivity index (χ0v) is 12.1. The molecule has 1 unspecified atom stereocenters. The third kappa shape index (κ3) is 2.67. The van der Waals surface area contributed by atoms with Gasteiger partial charge in [-0.15, -0.1) is 0 Å². The summed E-state index contributed by atoms with van der Waals surface area (Å²) < 4.78 is 23.2. The molecule has 1 aliphatic rings. The Bertz CT molecular complexity index is 682. The summed E-state index contributed by atoms with van der Waals surface area (Å²) in [6.45, 7) is 1.98. The van der Waals surface area contributed by atoms with Crippen LogP contribution >= 0.6 is 0 Å². The summed E-state index contributed by atoms with van der Waals surface area (Å²) in [5, 5.41) is 0. The van der Waals surface area contributed by atoms with Gasteiger partial charge in [-0.3, -0.25) is 9.59 Å². The number of rotatable bonds is 3. The van der Waals surface area contributed by atoms with Crippen LogP contribution in [0.25, 0.3) is 0 Å². The van der Waals surface area contributed by atoms with Crippen molar-refractivity contribution in [3.8, 4) is 0 Å². The number of hydrogen-bond acceptors (Lipinski definition) is 4. The summed E-state index contributed by atoms with van der Waals surface area (Å²) in [5.74, 6) is -1.26. The summed E-state index contributed by atoms with van der Waals surface area (Å²) in [4.78, 5) is 24.7. The van der Waals surface area contributed by atoms with Gasteiger partial charge >= 0.3 is 0 Å². The van der Waals surface area contributed by atoms with E-state index >= 15 is 0 Å². The predicted molar refractivity (Wildman–Crippen MR) is 73.9 cm³/mol. The molecule has 0 spiro atoms. The molecule has 0 aromatic heterocycles. The topological polar surface area (TPSA) is 97.5 Å². The van der Waals surface area contributed by atoms with E-state index in [9.17, 15) is 18.0 Å². The van der Waals surface area contributed by atoms with Crippen LogP contribution in [0.1, 0.15) is 12.0 Å². The minimum atomic E-state index is -3.35. The quantitative estimate of drug-likeness (QED) is 0.863. The van der Waals surface area contributed by atoms with Gasteiger partial charge in [0.2, 0.25) is 11.8 Å². The molecule has 7 heteroatoms. The van der Waals surface area contributed by atoms with Crippen molar-refractivity contribution in [1.82, 2.24) is 0 Å². The molecular formula is C13H16N2O4S. The van der Waals surface area contributed by atoms with Crippen molar-refractivity contribution >= 4 is 27.3 Å². The van der Waals surface area contributed by atoms with Crippen LogP contribution in [0, 0.1) is 12.8 Å². The normalized spacial score (nSPS) is 19.4. The van der Waals surface area contributed by atoms with Crippen LogP contribution in [0.4, 0.5) is 5.69 Å². The van der Waals surface area contributed by atoms with E-state index in [4.69, 9.17) is 5.73 Å². The standard InChI is InChI=1S/C13H16N2O4S/c1-8-3-4-10(20(2,18)19)6-11(8)15-7-9(13(14)17)5-12(15)16/h3-4,6,9H,5,7H2,1-2H3,(H2,14,17). The van der Waals surface area contributed by atoms with Gasteiger partial charge < -0.3 is 10.6 Å². The highest BCUT2D eigenvalue weighted by atomic mass is 32.2. The number of anilines is 1. The number of benzene rings is 1. The molecule has 0 saturated carbocycles. The number of hydrogen-bond donors (Lipinski definition) is 1. The van der Waals surface area contributed by atoms with Crippen LogP contribution in [-0.4, -0.2) is 33.0 Å². The average molecular weight is 296 g/mol. The molecule has 0 aliphatic carbocycles. The van der Waals surface area contributed by atoms with E-state index in [1.54, 1.807) is 13.0 Å². The smallest absolute Gasteiger partial charge is 0.227 e. The first kappa shape index (κ1) is 14.5. The fourth-order valence-electron chi connectivity index (χ4n) is 2.24. The van der Waals surface area contributed by atoms with E-state index in [0.29, 0.717) is 5.69 Å². The SMILES string of the molecule is Cc1ccc(S(C)(=O)=O)cc1N1CC(C(N)=O)CC1=O. The molecule has 1 saturated heterocycles. The van der Waals surface area contributed by atoms with Crippen molar-refractivity contribution in [1.29, 1.82) is 0 Å². The summed E-state index contributed by atoms with van der Waals surface area (Å²) >= 11 is 0. The first-order valence-electron chi connectivity index (χ1n) is 6.10. The fourth-order valence-corrected chi connectivity index (χ4v) is 2.88. The number of nitrogens with zero attached hydrogens (tertiary/aromatic N) is 1. The molecule has 2 amide bonds. The van der Waals surface area contributed by atoms with Crippen LogP contribution in [0.5, 0.6) is 0 Å². The van der Waals surface area contributed by atoms with Gasteiger partial charge in [-0.25, -0.2) is 8.42 Å². The average Bonchev–Trinajstić information content (AvgIpc) is 2.70. The second-order valence-corrected chi connectivity index (χ2v) is 7.04. The predicted octanol–water partition coefficient (Wildman–Crippen LogP) is 0.237. The number of sulfone groups is 1. The Balaban J connectivity index is 2.43. The Morgan fingerprint density at radius 2 is 2.05 bits per heavy atom. The third-order valence-electron chi connectivity index (χ3n) is 3.43. The molecular weight excluding hydrogens is 280 g/mol. The number of aryl methyl sites for hydroxylation is 1. The van der Waals surface area contributed by atoms with Gasteiger partial charge in [0.1, 0.15) is 0 Å². The van der Waals surface area contributed by atoms with E-state index in [2.05, 4.69) is 0 Å². The summed E-state index contributed by atoms with van der Waals surface area (Å²) in [6.07, 6.45) is 1.18. The molecule has 0 radical (unpaired) electrons. The van der Waals surface area contributed by atoms with Crippen LogP contribution in [-0.2, 0) is 19.4 Å². The number of carbonyl (C=O) groups is 2. The monoisotopic (exact) mass is 296 g/mol. The zero-order valence-electron chi connectivity index (χ0n) is 11.3. The summed E-state index contributed by atoms with van der Waals surface area (Å²) in [6, 6.07) is 4.61. The van der Waals surface area contributed by atoms with Crippen LogP contribution < -0.4 is 10.6 Å². The molecule has 2 N–H and O–H groups in total. The second kappa shape index (κ2) is 4.90. The lowest BCUT2D eigenvalue weighted by Gasteiger charge is -2.19. The molecule has 1 aromatic rings. The van der Waals surface area contributed by atoms with E-state index in [1.165, 1.54) is 17.0 Å². The van der Waals surface area contributed by atoms with E-state index in [1.807, 2.05) is 0 Å². The third-order valence-corrected chi connectivity index (χ3v) is 4.54. The largest absolute Gasteiger partial charge is 0.369 e. The summed E-state index contributed by atoms with van der Waals surface area (Å²) in [5.41, 5.74) is 6.51. The first-order valence-corrected chi connectivity index (χ1v) is 7.99. The molecule has 1 atom stereocenters. The minimum absolute atomic E-state index is 0.0673. The van der Waals surface area contributed by atoms with Gasteiger partial charge in [0.25, 0.3) is 0 Å². The number of primary amides is 1. The Kier molecular flexibility index (Phi) is 3.56. The highest BCUT2D eigenvalue weighted by molar-refractivity contribution is 7.90. The number of nitrogens with two attached hydrogens (primary N) is 1. The molecule has 1 heterocycles. The minimum Gasteiger partial charge on any atom is -0.369 e. The van der Waals surface area contributed by atoms with Crippen molar-refractivity contribution < 1.29 is 18.0 Å². The fraction of sp³-hybridized carbons (Fsp3) is 0.385. The summed E-state index contributed by atoms with van der Waals surface area (Å²) in [7, 11) is -3.35. The highest BCUT2D eigenvalue weighted by Crippen LogP contribution is 2.29. The molecule has 20 heavy (non-hydrogen) atoms. The Labute approximate surface area is 117 Å². The molecule has 2 rings (SSSR count). The molecule has 108 valence electrons. The van der Waals surface area contributed by atoms with Crippen LogP contribution in [0.15, 0.2) is 23.1 Å². The lowest BCUT2D eigenvalue weighted by atomic mass is 10.1. The molecule has 0 bridgehead atoms. The van der Waals surface area contributed by atoms with Gasteiger partial charge in [-0.2, -0.15) is 0 Å². The van der Waals surface area contributed by atoms with Gasteiger partial charge in [0, 0.05) is 24.9 Å². The van der Waals surface area contributed by atoms with Crippen molar-refractivity contribution in [2.45, 2.75) is 18.2 Å². The number of amides is 2. The van der Waals surface area contributed by atoms with Gasteiger partial charge in [0.05, 0.1) is 10.8 Å². The Hall–Kier alpha value is -1.89. The van der Waals surface area contributed by atoms with Gasteiger partial charge in [-0.1, -0.05) is 6.07 Å². The molecule has 1 fully saturated rings. The molecule has 1 aromatic carbocycles. The van der Waals surface area contributed by atoms with E-state index in [-0.39, 0.29) is 23.8 Å². The van der Waals surface area contributed by atoms with Crippen molar-refractivity contribution in [2.75, 3.05) is 17.7 Å². The van der Waals surface area contributed by atoms with Gasteiger partial charge in [0.15, 0.2) is 9.84 Å². The van der Waals surface area contributed by atoms with Crippen molar-refractivity contribution in [3.05, 3.63) is 23.8 Å². The Morgan fingerprint density at radius 3 is 2.55 bits per heavy atom. The second-order valence-electron chi connectivity index (χ2n) is 5.03. The maximum atomic E-state index is 12.0. The number of carbonyl (C=O) groups excluding carboxylic acids is 2. The maximum absolute atomic E-state index is 12.0. The van der Waals surface area contributed by atoms with Crippen LogP contribution in [0.2, 0.25) is 0 Å². The molecule has 6 nitrogen and oxygen atoms in total. The van der Waals surface area contributed by atoms with Gasteiger partial charge in [-0.05, 0) is 24.6 Å².